The molecule has 0 aliphatic rings. The molecule has 0 saturated heterocycles. The second-order valence-electron chi connectivity index (χ2n) is 17.5. The van der Waals surface area contributed by atoms with Gasteiger partial charge in [0.1, 0.15) is 6.10 Å². The zero-order valence-corrected chi connectivity index (χ0v) is 41.2. The normalized spacial score (nSPS) is 13.9. The van der Waals surface area contributed by atoms with Crippen LogP contribution in [-0.4, -0.2) is 46.9 Å². The summed E-state index contributed by atoms with van der Waals surface area (Å²) in [7, 11) is 0. The number of carbonyl (C=O) groups is 2. The van der Waals surface area contributed by atoms with E-state index >= 15 is 0 Å². The van der Waals surface area contributed by atoms with Crippen molar-refractivity contribution in [3.05, 3.63) is 85.1 Å². The van der Waals surface area contributed by atoms with E-state index in [1.807, 2.05) is 6.08 Å². The van der Waals surface area contributed by atoms with Gasteiger partial charge in [0.2, 0.25) is 5.91 Å². The number of hydrogen-bond acceptors (Lipinski definition) is 5. The number of allylic oxidation sites excluding steroid dienone is 13. The van der Waals surface area contributed by atoms with E-state index in [-0.39, 0.29) is 24.9 Å². The number of rotatable bonds is 46. The van der Waals surface area contributed by atoms with Crippen LogP contribution < -0.4 is 5.32 Å². The number of unbranched alkanes of at least 4 members (excludes halogenated alkanes) is 22. The first-order valence-electron chi connectivity index (χ1n) is 26.3. The number of nitrogens with one attached hydrogen (secondary N) is 1. The maximum atomic E-state index is 13.2. The number of carbonyl (C=O) groups excluding carboxylic acids is 2. The summed E-state index contributed by atoms with van der Waals surface area (Å²) in [5.74, 6) is -0.642. The quantitative estimate of drug-likeness (QED) is 0.0322. The van der Waals surface area contributed by atoms with Crippen LogP contribution in [0.1, 0.15) is 239 Å². The van der Waals surface area contributed by atoms with Crippen molar-refractivity contribution in [2.45, 2.75) is 257 Å². The molecule has 63 heavy (non-hydrogen) atoms. The molecule has 3 atom stereocenters. The molecule has 0 fully saturated rings. The lowest BCUT2D eigenvalue weighted by Gasteiger charge is -2.23. The summed E-state index contributed by atoms with van der Waals surface area (Å²) in [4.78, 5) is 26.1. The van der Waals surface area contributed by atoms with E-state index in [0.29, 0.717) is 19.3 Å². The number of hydrogen-bond donors (Lipinski definition) is 3. The molecule has 0 aromatic rings. The van der Waals surface area contributed by atoms with Gasteiger partial charge >= 0.3 is 5.97 Å². The van der Waals surface area contributed by atoms with Crippen LogP contribution >= 0.6 is 0 Å². The molecule has 6 nitrogen and oxygen atoms in total. The zero-order valence-electron chi connectivity index (χ0n) is 41.2. The standard InChI is InChI=1S/C57H99NO5/c1-4-7-10-13-16-19-22-24-26-28-29-31-34-36-39-42-45-48-53(63-57(62)50-47-44-41-38-35-32-30-27-25-23-20-17-14-11-8-5-2)51-56(61)58-54(52-59)55(60)49-46-43-40-37-33-21-18-15-12-9-6-3/h7,10,16,19,24,26-27,29-31,36,39,45,48,53-55,59-60H,4-6,8-9,11-15,17-18,20-23,25,28,32-35,37-38,40-44,46-47,49-52H2,1-3H3,(H,58,61)/b10-7-,19-16-,26-24-,30-27+,31-29-,39-36-,48-45-. The van der Waals surface area contributed by atoms with Gasteiger partial charge in [-0.05, 0) is 83.1 Å². The van der Waals surface area contributed by atoms with Gasteiger partial charge in [-0.1, -0.05) is 228 Å². The van der Waals surface area contributed by atoms with Crippen molar-refractivity contribution in [3.63, 3.8) is 0 Å². The van der Waals surface area contributed by atoms with Crippen LogP contribution in [0.5, 0.6) is 0 Å². The van der Waals surface area contributed by atoms with Crippen molar-refractivity contribution < 1.29 is 24.5 Å². The third kappa shape index (κ3) is 45.4. The van der Waals surface area contributed by atoms with Crippen LogP contribution in [0.4, 0.5) is 0 Å². The van der Waals surface area contributed by atoms with Crippen LogP contribution in [0, 0.1) is 0 Å². The van der Waals surface area contributed by atoms with Gasteiger partial charge in [0.15, 0.2) is 0 Å². The summed E-state index contributed by atoms with van der Waals surface area (Å²) in [6.07, 6.45) is 65.3. The van der Waals surface area contributed by atoms with Crippen molar-refractivity contribution in [1.82, 2.24) is 5.32 Å². The molecule has 0 aromatic heterocycles. The van der Waals surface area contributed by atoms with Gasteiger partial charge in [0, 0.05) is 6.42 Å². The van der Waals surface area contributed by atoms with Crippen molar-refractivity contribution >= 4 is 11.9 Å². The molecular weight excluding hydrogens is 779 g/mol. The maximum absolute atomic E-state index is 13.2. The average molecular weight is 878 g/mol. The van der Waals surface area contributed by atoms with Crippen LogP contribution in [-0.2, 0) is 14.3 Å². The van der Waals surface area contributed by atoms with Gasteiger partial charge in [-0.15, -0.1) is 0 Å². The fourth-order valence-electron chi connectivity index (χ4n) is 7.48. The van der Waals surface area contributed by atoms with Gasteiger partial charge in [0.25, 0.3) is 0 Å². The highest BCUT2D eigenvalue weighted by molar-refractivity contribution is 5.78. The molecule has 0 rings (SSSR count). The Balaban J connectivity index is 4.78. The summed E-state index contributed by atoms with van der Waals surface area (Å²) in [5, 5.41) is 23.7. The van der Waals surface area contributed by atoms with Gasteiger partial charge in [0.05, 0.1) is 25.2 Å². The third-order valence-corrected chi connectivity index (χ3v) is 11.5. The van der Waals surface area contributed by atoms with E-state index in [4.69, 9.17) is 4.74 Å². The molecule has 0 aliphatic carbocycles. The van der Waals surface area contributed by atoms with Crippen molar-refractivity contribution in [2.24, 2.45) is 0 Å². The van der Waals surface area contributed by atoms with E-state index < -0.39 is 18.2 Å². The minimum atomic E-state index is -0.824. The first-order chi connectivity index (χ1) is 31.0. The Bertz CT molecular complexity index is 1210. The topological polar surface area (TPSA) is 95.9 Å². The van der Waals surface area contributed by atoms with E-state index in [2.05, 4.69) is 99.0 Å². The van der Waals surface area contributed by atoms with Crippen LogP contribution in [0.15, 0.2) is 85.1 Å². The number of esters is 1. The molecule has 6 heteroatoms. The monoisotopic (exact) mass is 878 g/mol. The molecule has 3 N–H and O–H groups in total. The first kappa shape index (κ1) is 60.0. The van der Waals surface area contributed by atoms with Crippen LogP contribution in [0.2, 0.25) is 0 Å². The number of amides is 1. The predicted octanol–water partition coefficient (Wildman–Crippen LogP) is 16.0. The SMILES string of the molecule is CC/C=C\C/C=C\C/C=C\C/C=C\C/C=C\C/C=C\C(CC(=O)NC(CO)C(O)CCCCCCCCCCCCC)OC(=O)CCCCCCC/C=C/CCCCCCCCC. The highest BCUT2D eigenvalue weighted by Crippen LogP contribution is 2.15. The van der Waals surface area contributed by atoms with Gasteiger partial charge in [-0.2, -0.15) is 0 Å². The Labute approximate surface area is 389 Å². The van der Waals surface area contributed by atoms with Crippen LogP contribution in [0.3, 0.4) is 0 Å². The summed E-state index contributed by atoms with van der Waals surface area (Å²) >= 11 is 0. The van der Waals surface area contributed by atoms with Gasteiger partial charge in [-0.25, -0.2) is 0 Å². The zero-order chi connectivity index (χ0) is 45.9. The van der Waals surface area contributed by atoms with E-state index in [1.54, 1.807) is 6.08 Å². The minimum Gasteiger partial charge on any atom is -0.458 e. The lowest BCUT2D eigenvalue weighted by molar-refractivity contribution is -0.148. The summed E-state index contributed by atoms with van der Waals surface area (Å²) in [5.41, 5.74) is 0. The molecule has 0 aromatic carbocycles. The van der Waals surface area contributed by atoms with Gasteiger partial charge in [-0.3, -0.25) is 9.59 Å². The lowest BCUT2D eigenvalue weighted by atomic mass is 10.0. The molecule has 0 radical (unpaired) electrons. The van der Waals surface area contributed by atoms with E-state index in [9.17, 15) is 19.8 Å². The molecule has 1 amide bonds. The summed E-state index contributed by atoms with van der Waals surface area (Å²) < 4.78 is 5.82. The molecule has 362 valence electrons. The predicted molar refractivity (Wildman–Crippen MR) is 273 cm³/mol. The smallest absolute Gasteiger partial charge is 0.306 e. The van der Waals surface area contributed by atoms with Crippen molar-refractivity contribution in [1.29, 1.82) is 0 Å². The Morgan fingerprint density at radius 2 is 0.889 bits per heavy atom. The Hall–Kier alpha value is -2.96. The average Bonchev–Trinajstić information content (AvgIpc) is 3.28. The summed E-state index contributed by atoms with van der Waals surface area (Å²) in [6, 6.07) is -0.747. The van der Waals surface area contributed by atoms with Crippen LogP contribution in [0.25, 0.3) is 0 Å². The maximum Gasteiger partial charge on any atom is 0.306 e. The number of ether oxygens (including phenoxy) is 1. The highest BCUT2D eigenvalue weighted by atomic mass is 16.5. The third-order valence-electron chi connectivity index (χ3n) is 11.5. The molecule has 0 aliphatic heterocycles. The van der Waals surface area contributed by atoms with E-state index in [0.717, 1.165) is 83.5 Å². The lowest BCUT2D eigenvalue weighted by Crippen LogP contribution is -2.46. The number of aliphatic hydroxyl groups excluding tert-OH is 2. The molecular formula is C57H99NO5. The molecule has 3 unspecified atom stereocenters. The fraction of sp³-hybridized carbons (Fsp3) is 0.719. The van der Waals surface area contributed by atoms with E-state index in [1.165, 1.54) is 109 Å². The van der Waals surface area contributed by atoms with Gasteiger partial charge < -0.3 is 20.3 Å². The number of aliphatic hydroxyl groups is 2. The molecule has 0 heterocycles. The largest absolute Gasteiger partial charge is 0.458 e. The molecule has 0 spiro atoms. The fourth-order valence-corrected chi connectivity index (χ4v) is 7.48. The van der Waals surface area contributed by atoms with Crippen molar-refractivity contribution in [3.8, 4) is 0 Å². The molecule has 0 saturated carbocycles. The summed E-state index contributed by atoms with van der Waals surface area (Å²) in [6.45, 7) is 6.32. The molecule has 0 bridgehead atoms. The van der Waals surface area contributed by atoms with Crippen molar-refractivity contribution in [2.75, 3.05) is 6.61 Å². The second kappa shape index (κ2) is 50.0. The first-order valence-corrected chi connectivity index (χ1v) is 26.3. The Morgan fingerprint density at radius 1 is 0.492 bits per heavy atom. The Kier molecular flexibility index (Phi) is 47.7. The minimum absolute atomic E-state index is 0.0535. The highest BCUT2D eigenvalue weighted by Gasteiger charge is 2.23. The second-order valence-corrected chi connectivity index (χ2v) is 17.5. The Morgan fingerprint density at radius 3 is 1.33 bits per heavy atom.